The Morgan fingerprint density at radius 2 is 1.78 bits per heavy atom. The number of hydrogen-bond donors (Lipinski definition) is 0. The second-order valence-electron chi connectivity index (χ2n) is 1.81. The van der Waals surface area contributed by atoms with Gasteiger partial charge in [-0.2, -0.15) is 0 Å². The fourth-order valence-electron chi connectivity index (χ4n) is 0.341. The van der Waals surface area contributed by atoms with Gasteiger partial charge in [-0.25, -0.2) is 0 Å². The monoisotopic (exact) mass is 180 g/mol. The molecule has 0 rings (SSSR count). The molecule has 0 nitrogen and oxygen atoms in total. The Hall–Kier alpha value is 0.700. The van der Waals surface area contributed by atoms with Gasteiger partial charge in [0.15, 0.2) is 0 Å². The first-order valence-corrected chi connectivity index (χ1v) is 6.33. The molecular formula is C6H12S3. The minimum Gasteiger partial charge on any atom is -0.134 e. The third-order valence-electron chi connectivity index (χ3n) is 1.12. The van der Waals surface area contributed by atoms with Crippen LogP contribution in [0.25, 0.3) is 0 Å². The second kappa shape index (κ2) is 5.48. The molecule has 0 aliphatic carbocycles. The Bertz CT molecular complexity index is 105. The van der Waals surface area contributed by atoms with Gasteiger partial charge in [0, 0.05) is 10.5 Å². The molecule has 0 heterocycles. The van der Waals surface area contributed by atoms with E-state index in [0.717, 1.165) is 0 Å². The topological polar surface area (TPSA) is 0 Å². The predicted molar refractivity (Wildman–Crippen MR) is 52.6 cm³/mol. The van der Waals surface area contributed by atoms with Gasteiger partial charge >= 0.3 is 0 Å². The summed E-state index contributed by atoms with van der Waals surface area (Å²) in [5, 5.41) is 1.21. The van der Waals surface area contributed by atoms with Gasteiger partial charge in [0.25, 0.3) is 0 Å². The van der Waals surface area contributed by atoms with Crippen LogP contribution in [-0.2, 0) is 0 Å². The molecule has 0 spiro atoms. The Labute approximate surface area is 69.2 Å². The molecule has 0 aliphatic rings. The summed E-state index contributed by atoms with van der Waals surface area (Å²) in [7, 11) is 3.68. The molecule has 3 heteroatoms. The lowest BCUT2D eigenvalue weighted by atomic mass is 10.4. The van der Waals surface area contributed by atoms with E-state index < -0.39 is 0 Å². The maximum absolute atomic E-state index is 5.40. The molecule has 0 aliphatic heterocycles. The summed E-state index contributed by atoms with van der Waals surface area (Å²) in [4.78, 5) is 0. The average molecular weight is 180 g/mol. The average Bonchev–Trinajstić information content (AvgIpc) is 1.87. The standard InChI is InChI=1S/C6H12S3/c1-5(7-3)6(2)9-8-4/h3,5-6H,1-2,4H3. The zero-order valence-electron chi connectivity index (χ0n) is 5.96. The van der Waals surface area contributed by atoms with E-state index in [9.17, 15) is 0 Å². The van der Waals surface area contributed by atoms with Crippen molar-refractivity contribution in [1.29, 1.82) is 0 Å². The lowest BCUT2D eigenvalue weighted by molar-refractivity contribution is 0.939. The molecule has 0 bridgehead atoms. The molecular weight excluding hydrogens is 168 g/mol. The third kappa shape index (κ3) is 4.15. The van der Waals surface area contributed by atoms with Crippen LogP contribution in [0.15, 0.2) is 0 Å². The zero-order valence-corrected chi connectivity index (χ0v) is 8.41. The lowest BCUT2D eigenvalue weighted by Gasteiger charge is -2.10. The summed E-state index contributed by atoms with van der Waals surface area (Å²) in [5.74, 6) is 0. The molecule has 0 saturated heterocycles. The highest BCUT2D eigenvalue weighted by Gasteiger charge is 2.07. The van der Waals surface area contributed by atoms with Crippen molar-refractivity contribution in [2.75, 3.05) is 6.26 Å². The largest absolute Gasteiger partial charge is 0.134 e. The Kier molecular flexibility index (Phi) is 5.91. The van der Waals surface area contributed by atoms with E-state index in [1.807, 2.05) is 10.8 Å². The first kappa shape index (κ1) is 9.70. The van der Waals surface area contributed by atoms with E-state index in [0.29, 0.717) is 10.5 Å². The molecule has 0 aromatic heterocycles. The van der Waals surface area contributed by atoms with Crippen LogP contribution >= 0.6 is 32.8 Å². The van der Waals surface area contributed by atoms with Crippen LogP contribution in [0.2, 0.25) is 0 Å². The SMILES string of the molecule is C#SC(C)C(C)SSC. The van der Waals surface area contributed by atoms with Gasteiger partial charge in [0.05, 0.1) is 0 Å². The zero-order chi connectivity index (χ0) is 7.28. The maximum atomic E-state index is 5.40. The quantitative estimate of drug-likeness (QED) is 0.612. The van der Waals surface area contributed by atoms with Crippen molar-refractivity contribution in [3.8, 4) is 5.69 Å². The maximum Gasteiger partial charge on any atom is 0.0384 e. The van der Waals surface area contributed by atoms with E-state index in [1.54, 1.807) is 10.8 Å². The minimum atomic E-state index is 0.558. The molecule has 9 heavy (non-hydrogen) atoms. The summed E-state index contributed by atoms with van der Waals surface area (Å²) < 4.78 is 0. The van der Waals surface area contributed by atoms with Crippen LogP contribution in [-0.4, -0.2) is 16.8 Å². The van der Waals surface area contributed by atoms with Crippen LogP contribution in [0.1, 0.15) is 13.8 Å². The van der Waals surface area contributed by atoms with Crippen LogP contribution in [0.4, 0.5) is 0 Å². The van der Waals surface area contributed by atoms with Crippen molar-refractivity contribution in [2.45, 2.75) is 24.3 Å². The van der Waals surface area contributed by atoms with Gasteiger partial charge in [-0.1, -0.05) is 28.5 Å². The smallest absolute Gasteiger partial charge is 0.0384 e. The van der Waals surface area contributed by atoms with Gasteiger partial charge in [0.1, 0.15) is 0 Å². The van der Waals surface area contributed by atoms with E-state index >= 15 is 0 Å². The summed E-state index contributed by atoms with van der Waals surface area (Å²) in [6.45, 7) is 4.35. The molecule has 0 N–H and O–H groups in total. The summed E-state index contributed by atoms with van der Waals surface area (Å²) >= 11 is 1.44. The Morgan fingerprint density at radius 3 is 2.11 bits per heavy atom. The number of rotatable bonds is 3. The molecule has 0 radical (unpaired) electrons. The van der Waals surface area contributed by atoms with Crippen LogP contribution in [0, 0.1) is 5.69 Å². The molecule has 0 saturated carbocycles. The Morgan fingerprint density at radius 1 is 1.22 bits per heavy atom. The van der Waals surface area contributed by atoms with Crippen LogP contribution in [0.3, 0.4) is 0 Å². The normalized spacial score (nSPS) is 16.7. The van der Waals surface area contributed by atoms with Crippen LogP contribution in [0.5, 0.6) is 0 Å². The van der Waals surface area contributed by atoms with Gasteiger partial charge in [-0.15, -0.1) is 16.9 Å². The van der Waals surface area contributed by atoms with Crippen molar-refractivity contribution in [1.82, 2.24) is 0 Å². The van der Waals surface area contributed by atoms with E-state index in [4.69, 9.17) is 5.69 Å². The van der Waals surface area contributed by atoms with Crippen LogP contribution < -0.4 is 0 Å². The summed E-state index contributed by atoms with van der Waals surface area (Å²) in [6, 6.07) is 0. The van der Waals surface area contributed by atoms with E-state index in [-0.39, 0.29) is 0 Å². The van der Waals surface area contributed by atoms with Gasteiger partial charge in [0.2, 0.25) is 0 Å². The fourth-order valence-corrected chi connectivity index (χ4v) is 3.00. The summed E-state index contributed by atoms with van der Waals surface area (Å²) in [5.41, 5.74) is 5.40. The second-order valence-corrected chi connectivity index (χ2v) is 5.67. The third-order valence-corrected chi connectivity index (χ3v) is 4.53. The van der Waals surface area contributed by atoms with Gasteiger partial charge in [-0.05, 0) is 13.2 Å². The van der Waals surface area contributed by atoms with Crippen molar-refractivity contribution < 1.29 is 0 Å². The van der Waals surface area contributed by atoms with E-state index in [1.165, 1.54) is 11.2 Å². The molecule has 0 amide bonds. The van der Waals surface area contributed by atoms with Gasteiger partial charge < -0.3 is 0 Å². The van der Waals surface area contributed by atoms with E-state index in [2.05, 4.69) is 20.1 Å². The predicted octanol–water partition coefficient (Wildman–Crippen LogP) is 3.10. The number of hydrogen-bond acceptors (Lipinski definition) is 2. The molecule has 2 atom stereocenters. The fraction of sp³-hybridized carbons (Fsp3) is 0.833. The highest BCUT2D eigenvalue weighted by molar-refractivity contribution is 8.76. The molecule has 2 unspecified atom stereocenters. The highest BCUT2D eigenvalue weighted by Crippen LogP contribution is 2.27. The van der Waals surface area contributed by atoms with Gasteiger partial charge in [-0.3, -0.25) is 0 Å². The highest BCUT2D eigenvalue weighted by atomic mass is 33.1. The van der Waals surface area contributed by atoms with Crippen molar-refractivity contribution in [3.05, 3.63) is 0 Å². The Balaban J connectivity index is 3.48. The minimum absolute atomic E-state index is 0.558. The van der Waals surface area contributed by atoms with Crippen molar-refractivity contribution >= 4 is 32.8 Å². The molecule has 0 aromatic rings. The first-order chi connectivity index (χ1) is 4.22. The molecule has 0 aromatic carbocycles. The van der Waals surface area contributed by atoms with Crippen molar-refractivity contribution in [3.63, 3.8) is 0 Å². The van der Waals surface area contributed by atoms with Crippen molar-refractivity contribution in [2.24, 2.45) is 0 Å². The molecule has 54 valence electrons. The summed E-state index contributed by atoms with van der Waals surface area (Å²) in [6.07, 6.45) is 2.09. The first-order valence-electron chi connectivity index (χ1n) is 2.77. The molecule has 0 fully saturated rings. The lowest BCUT2D eigenvalue weighted by Crippen LogP contribution is -2.07.